The molecule has 5 heteroatoms. The highest BCUT2D eigenvalue weighted by Crippen LogP contribution is 2.11. The molecule has 2 aromatic rings. The van der Waals surface area contributed by atoms with Crippen LogP contribution in [-0.2, 0) is 0 Å². The van der Waals surface area contributed by atoms with Gasteiger partial charge in [0, 0.05) is 30.7 Å². The summed E-state index contributed by atoms with van der Waals surface area (Å²) in [6, 6.07) is 7.17. The molecule has 0 aliphatic heterocycles. The summed E-state index contributed by atoms with van der Waals surface area (Å²) < 4.78 is 0. The highest BCUT2D eigenvalue weighted by molar-refractivity contribution is 5.94. The molecule has 0 saturated heterocycles. The second kappa shape index (κ2) is 5.35. The number of rotatable bonds is 4. The van der Waals surface area contributed by atoms with Crippen molar-refractivity contribution < 1.29 is 4.79 Å². The quantitative estimate of drug-likeness (QED) is 0.769. The van der Waals surface area contributed by atoms with Gasteiger partial charge in [-0.15, -0.1) is 0 Å². The Balaban J connectivity index is 2.03. The van der Waals surface area contributed by atoms with E-state index in [-0.39, 0.29) is 11.9 Å². The Bertz CT molecular complexity index is 504. The van der Waals surface area contributed by atoms with E-state index in [1.54, 1.807) is 24.5 Å². The number of carbonyl (C=O) groups excluding carboxylic acids is 1. The third-order valence-corrected chi connectivity index (χ3v) is 2.71. The van der Waals surface area contributed by atoms with Crippen LogP contribution in [0.4, 0.5) is 5.69 Å². The average Bonchev–Trinajstić information content (AvgIpc) is 2.92. The van der Waals surface area contributed by atoms with E-state index in [1.807, 2.05) is 26.1 Å². The topological polar surface area (TPSA) is 69.8 Å². The van der Waals surface area contributed by atoms with Gasteiger partial charge in [0.2, 0.25) is 0 Å². The van der Waals surface area contributed by atoms with Crippen LogP contribution in [0, 0.1) is 0 Å². The molecule has 2 rings (SSSR count). The van der Waals surface area contributed by atoms with Gasteiger partial charge in [0.05, 0.1) is 6.04 Å². The van der Waals surface area contributed by atoms with Crippen molar-refractivity contribution in [3.8, 4) is 0 Å². The zero-order valence-electron chi connectivity index (χ0n) is 10.4. The molecule has 0 fully saturated rings. The molecule has 1 aromatic heterocycles. The first-order valence-electron chi connectivity index (χ1n) is 5.78. The van der Waals surface area contributed by atoms with Crippen molar-refractivity contribution in [3.63, 3.8) is 0 Å². The van der Waals surface area contributed by atoms with Gasteiger partial charge in [-0.05, 0) is 31.2 Å². The Morgan fingerprint density at radius 3 is 2.61 bits per heavy atom. The number of anilines is 1. The number of H-pyrrole nitrogens is 1. The summed E-state index contributed by atoms with van der Waals surface area (Å²) in [7, 11) is 1.84. The standard InChI is InChI=1S/C13H16N4O/c1-9(12-15-7-8-16-12)17-13(18)10-3-5-11(14-2)6-4-10/h3-9,14H,1-2H3,(H,15,16)(H,17,18). The molecule has 5 nitrogen and oxygen atoms in total. The van der Waals surface area contributed by atoms with Gasteiger partial charge in [0.1, 0.15) is 5.82 Å². The van der Waals surface area contributed by atoms with Crippen molar-refractivity contribution in [2.75, 3.05) is 12.4 Å². The Morgan fingerprint density at radius 2 is 2.06 bits per heavy atom. The van der Waals surface area contributed by atoms with E-state index in [9.17, 15) is 4.79 Å². The molecule has 18 heavy (non-hydrogen) atoms. The van der Waals surface area contributed by atoms with Gasteiger partial charge >= 0.3 is 0 Å². The molecule has 1 unspecified atom stereocenters. The Kier molecular flexibility index (Phi) is 3.62. The normalized spacial score (nSPS) is 11.9. The van der Waals surface area contributed by atoms with Crippen molar-refractivity contribution in [1.82, 2.24) is 15.3 Å². The van der Waals surface area contributed by atoms with Crippen molar-refractivity contribution in [1.29, 1.82) is 0 Å². The van der Waals surface area contributed by atoms with Gasteiger partial charge < -0.3 is 15.6 Å². The Hall–Kier alpha value is -2.30. The van der Waals surface area contributed by atoms with Crippen LogP contribution in [0.15, 0.2) is 36.7 Å². The zero-order chi connectivity index (χ0) is 13.0. The molecule has 0 radical (unpaired) electrons. The SMILES string of the molecule is CNc1ccc(C(=O)NC(C)c2ncc[nH]2)cc1. The minimum Gasteiger partial charge on any atom is -0.388 e. The monoisotopic (exact) mass is 244 g/mol. The Morgan fingerprint density at radius 1 is 1.33 bits per heavy atom. The zero-order valence-corrected chi connectivity index (χ0v) is 10.4. The molecule has 0 saturated carbocycles. The van der Waals surface area contributed by atoms with Gasteiger partial charge in [0.15, 0.2) is 0 Å². The van der Waals surface area contributed by atoms with E-state index in [4.69, 9.17) is 0 Å². The molecule has 0 aliphatic carbocycles. The highest BCUT2D eigenvalue weighted by Gasteiger charge is 2.12. The summed E-state index contributed by atoms with van der Waals surface area (Å²) in [4.78, 5) is 19.1. The molecule has 1 heterocycles. The smallest absolute Gasteiger partial charge is 0.251 e. The van der Waals surface area contributed by atoms with E-state index in [0.717, 1.165) is 11.5 Å². The molecule has 0 aliphatic rings. The molecular formula is C13H16N4O. The number of nitrogens with one attached hydrogen (secondary N) is 3. The third-order valence-electron chi connectivity index (χ3n) is 2.71. The molecule has 0 spiro atoms. The number of hydrogen-bond donors (Lipinski definition) is 3. The maximum atomic E-state index is 12.0. The van der Waals surface area contributed by atoms with Gasteiger partial charge in [-0.25, -0.2) is 4.98 Å². The lowest BCUT2D eigenvalue weighted by Crippen LogP contribution is -2.27. The predicted molar refractivity (Wildman–Crippen MR) is 70.5 cm³/mol. The summed E-state index contributed by atoms with van der Waals surface area (Å²) in [6.45, 7) is 1.89. The van der Waals surface area contributed by atoms with Crippen LogP contribution < -0.4 is 10.6 Å². The number of imidazole rings is 1. The van der Waals surface area contributed by atoms with Crippen LogP contribution in [-0.4, -0.2) is 22.9 Å². The lowest BCUT2D eigenvalue weighted by atomic mass is 10.2. The van der Waals surface area contributed by atoms with E-state index in [1.165, 1.54) is 0 Å². The summed E-state index contributed by atoms with van der Waals surface area (Å²) in [6.07, 6.45) is 3.40. The lowest BCUT2D eigenvalue weighted by Gasteiger charge is -2.11. The van der Waals surface area contributed by atoms with Crippen molar-refractivity contribution in [2.24, 2.45) is 0 Å². The fourth-order valence-corrected chi connectivity index (χ4v) is 1.65. The van der Waals surface area contributed by atoms with Crippen LogP contribution in [0.25, 0.3) is 0 Å². The van der Waals surface area contributed by atoms with Crippen LogP contribution in [0.2, 0.25) is 0 Å². The van der Waals surface area contributed by atoms with Crippen LogP contribution in [0.1, 0.15) is 29.1 Å². The van der Waals surface area contributed by atoms with E-state index >= 15 is 0 Å². The number of nitrogens with zero attached hydrogens (tertiary/aromatic N) is 1. The van der Waals surface area contributed by atoms with Gasteiger partial charge in [-0.3, -0.25) is 4.79 Å². The van der Waals surface area contributed by atoms with Crippen molar-refractivity contribution in [3.05, 3.63) is 48.0 Å². The lowest BCUT2D eigenvalue weighted by molar-refractivity contribution is 0.0938. The Labute approximate surface area is 106 Å². The first-order chi connectivity index (χ1) is 8.70. The predicted octanol–water partition coefficient (Wildman–Crippen LogP) is 1.94. The average molecular weight is 244 g/mol. The molecule has 3 N–H and O–H groups in total. The number of carbonyl (C=O) groups is 1. The first-order valence-corrected chi connectivity index (χ1v) is 5.78. The largest absolute Gasteiger partial charge is 0.388 e. The minimum absolute atomic E-state index is 0.110. The van der Waals surface area contributed by atoms with E-state index in [0.29, 0.717) is 5.56 Å². The fourth-order valence-electron chi connectivity index (χ4n) is 1.65. The van der Waals surface area contributed by atoms with E-state index in [2.05, 4.69) is 20.6 Å². The van der Waals surface area contributed by atoms with Crippen LogP contribution in [0.5, 0.6) is 0 Å². The third kappa shape index (κ3) is 2.68. The second-order valence-electron chi connectivity index (χ2n) is 4.00. The maximum Gasteiger partial charge on any atom is 0.251 e. The van der Waals surface area contributed by atoms with Crippen LogP contribution >= 0.6 is 0 Å². The highest BCUT2D eigenvalue weighted by atomic mass is 16.1. The second-order valence-corrected chi connectivity index (χ2v) is 4.00. The van der Waals surface area contributed by atoms with Gasteiger partial charge in [-0.2, -0.15) is 0 Å². The summed E-state index contributed by atoms with van der Waals surface area (Å²) in [5, 5.41) is 5.89. The van der Waals surface area contributed by atoms with Crippen molar-refractivity contribution >= 4 is 11.6 Å². The molecular weight excluding hydrogens is 228 g/mol. The molecule has 0 bridgehead atoms. The molecule has 1 amide bonds. The molecule has 94 valence electrons. The number of aromatic amines is 1. The summed E-state index contributed by atoms with van der Waals surface area (Å²) in [5.74, 6) is 0.636. The number of benzene rings is 1. The number of hydrogen-bond acceptors (Lipinski definition) is 3. The number of amides is 1. The first kappa shape index (κ1) is 12.2. The molecule has 1 atom stereocenters. The number of aromatic nitrogens is 2. The van der Waals surface area contributed by atoms with Crippen molar-refractivity contribution in [2.45, 2.75) is 13.0 Å². The summed E-state index contributed by atoms with van der Waals surface area (Å²) >= 11 is 0. The van der Waals surface area contributed by atoms with E-state index < -0.39 is 0 Å². The van der Waals surface area contributed by atoms with Gasteiger partial charge in [0.25, 0.3) is 5.91 Å². The van der Waals surface area contributed by atoms with Gasteiger partial charge in [-0.1, -0.05) is 0 Å². The fraction of sp³-hybridized carbons (Fsp3) is 0.231. The van der Waals surface area contributed by atoms with Crippen LogP contribution in [0.3, 0.4) is 0 Å². The summed E-state index contributed by atoms with van der Waals surface area (Å²) in [5.41, 5.74) is 1.61. The maximum absolute atomic E-state index is 12.0. The molecule has 1 aromatic carbocycles. The minimum atomic E-state index is -0.142.